The van der Waals surface area contributed by atoms with E-state index in [1.807, 2.05) is 59.3 Å². The Morgan fingerprint density at radius 3 is 1.48 bits per heavy atom. The topological polar surface area (TPSA) is 146 Å². The maximum Gasteiger partial charge on any atom is 0.418 e. The van der Waals surface area contributed by atoms with E-state index in [0.717, 1.165) is 20.9 Å². The van der Waals surface area contributed by atoms with Gasteiger partial charge in [0.2, 0.25) is 11.8 Å². The van der Waals surface area contributed by atoms with E-state index in [1.165, 1.54) is 12.2 Å². The molecule has 6 rings (SSSR count). The largest absolute Gasteiger partial charge is 0.418 e. The fourth-order valence-electron chi connectivity index (χ4n) is 4.79. The zero-order valence-electron chi connectivity index (χ0n) is 26.4. The number of carbonyl (C=O) groups is 2. The summed E-state index contributed by atoms with van der Waals surface area (Å²) in [7, 11) is -3.01. The molecule has 0 unspecified atom stereocenters. The zero-order chi connectivity index (χ0) is 34.9. The maximum atomic E-state index is 12.8. The molecule has 0 aliphatic rings. The number of nitrogens with one attached hydrogen (secondary N) is 2. The van der Waals surface area contributed by atoms with Gasteiger partial charge in [0.05, 0.1) is 22.7 Å². The number of thiophene rings is 2. The number of hydrogen-bond donors (Lipinski definition) is 4. The zero-order valence-corrected chi connectivity index (χ0v) is 29.0. The molecule has 9 nitrogen and oxygen atoms in total. The minimum Gasteiger partial charge on any atom is -0.418 e. The number of amides is 2. The number of nitrogen functional groups attached to an aromatic ring is 2. The Labute approximate surface area is 297 Å². The van der Waals surface area contributed by atoms with Crippen molar-refractivity contribution >= 4 is 77.6 Å². The number of nitrogens with two attached hydrogens (primary N) is 2. The molecule has 50 heavy (non-hydrogen) atoms. The highest BCUT2D eigenvalue weighted by molar-refractivity contribution is 7.34. The van der Waals surface area contributed by atoms with Crippen molar-refractivity contribution in [1.82, 2.24) is 0 Å². The lowest BCUT2D eigenvalue weighted by atomic mass is 10.1. The molecule has 0 bridgehead atoms. The number of benzene rings is 4. The minimum atomic E-state index is -3.01. The van der Waals surface area contributed by atoms with E-state index >= 15 is 0 Å². The Morgan fingerprint density at radius 2 is 1.06 bits per heavy atom. The summed E-state index contributed by atoms with van der Waals surface area (Å²) in [6.45, 7) is 0. The summed E-state index contributed by atoms with van der Waals surface area (Å²) in [4.78, 5) is 27.5. The lowest BCUT2D eigenvalue weighted by Crippen LogP contribution is -2.09. The van der Waals surface area contributed by atoms with Crippen LogP contribution in [0.4, 0.5) is 22.7 Å². The lowest BCUT2D eigenvalue weighted by Gasteiger charge is -2.10. The Morgan fingerprint density at radius 1 is 0.600 bits per heavy atom. The van der Waals surface area contributed by atoms with Crippen molar-refractivity contribution in [1.29, 1.82) is 0 Å². The van der Waals surface area contributed by atoms with E-state index in [4.69, 9.17) is 20.5 Å². The van der Waals surface area contributed by atoms with E-state index in [-0.39, 0.29) is 11.8 Å². The summed E-state index contributed by atoms with van der Waals surface area (Å²) in [5.41, 5.74) is 17.3. The fourth-order valence-corrected chi connectivity index (χ4v) is 6.92. The van der Waals surface area contributed by atoms with Gasteiger partial charge in [0.25, 0.3) is 0 Å². The van der Waals surface area contributed by atoms with Gasteiger partial charge in [0.15, 0.2) is 0 Å². The SMILES string of the molecule is Nc1ccc(-c2cccs2)cc1NC(=O)/C=C/c1cccc(O[PH](=O)Oc2cccc(/C=C/C(=O)Nc3cc(-c4cccs4)ccc3N)c2)c1. The molecule has 6 aromatic rings. The van der Waals surface area contributed by atoms with Gasteiger partial charge >= 0.3 is 8.25 Å². The summed E-state index contributed by atoms with van der Waals surface area (Å²) in [5.74, 6) is -0.108. The molecule has 0 radical (unpaired) electrons. The van der Waals surface area contributed by atoms with Crippen molar-refractivity contribution in [3.05, 3.63) is 143 Å². The normalized spacial score (nSPS) is 11.2. The first-order chi connectivity index (χ1) is 24.3. The second kappa shape index (κ2) is 16.0. The van der Waals surface area contributed by atoms with Crippen LogP contribution in [0.15, 0.2) is 132 Å². The van der Waals surface area contributed by atoms with E-state index < -0.39 is 8.25 Å². The van der Waals surface area contributed by atoms with Crippen LogP contribution in [-0.4, -0.2) is 11.8 Å². The molecular weight excluding hydrogens is 688 g/mol. The molecule has 6 N–H and O–H groups in total. The molecule has 0 aliphatic carbocycles. The number of carbonyl (C=O) groups excluding carboxylic acids is 2. The third-order valence-corrected chi connectivity index (χ3v) is 9.85. The molecule has 2 heterocycles. The van der Waals surface area contributed by atoms with Crippen molar-refractivity contribution in [2.24, 2.45) is 0 Å². The molecule has 0 fully saturated rings. The van der Waals surface area contributed by atoms with Gasteiger partial charge in [-0.15, -0.1) is 22.7 Å². The quantitative estimate of drug-likeness (QED) is 0.0560. The van der Waals surface area contributed by atoms with Crippen LogP contribution in [-0.2, 0) is 14.2 Å². The maximum absolute atomic E-state index is 12.8. The van der Waals surface area contributed by atoms with Gasteiger partial charge in [0.1, 0.15) is 11.5 Å². The van der Waals surface area contributed by atoms with E-state index in [0.29, 0.717) is 45.4 Å². The molecule has 0 spiro atoms. The van der Waals surface area contributed by atoms with Gasteiger partial charge in [-0.1, -0.05) is 48.5 Å². The van der Waals surface area contributed by atoms with Crippen LogP contribution >= 0.6 is 30.9 Å². The average Bonchev–Trinajstić information content (AvgIpc) is 3.85. The first kappa shape index (κ1) is 34.0. The van der Waals surface area contributed by atoms with Crippen LogP contribution in [0, 0.1) is 0 Å². The molecule has 0 saturated carbocycles. The smallest absolute Gasteiger partial charge is 0.418 e. The Hall–Kier alpha value is -5.87. The first-order valence-electron chi connectivity index (χ1n) is 15.2. The molecule has 0 atom stereocenters. The van der Waals surface area contributed by atoms with Crippen LogP contribution in [0.3, 0.4) is 0 Å². The summed E-state index contributed by atoms with van der Waals surface area (Å²) < 4.78 is 23.9. The highest BCUT2D eigenvalue weighted by atomic mass is 32.1. The van der Waals surface area contributed by atoms with E-state index in [9.17, 15) is 14.2 Å². The fraction of sp³-hybridized carbons (Fsp3) is 0. The molecule has 0 saturated heterocycles. The van der Waals surface area contributed by atoms with Gasteiger partial charge in [-0.2, -0.15) is 0 Å². The van der Waals surface area contributed by atoms with Crippen LogP contribution < -0.4 is 31.1 Å². The van der Waals surface area contributed by atoms with Crippen molar-refractivity contribution < 1.29 is 23.2 Å². The van der Waals surface area contributed by atoms with Crippen LogP contribution in [0.2, 0.25) is 0 Å². The third-order valence-electron chi connectivity index (χ3n) is 7.21. The summed E-state index contributed by atoms with van der Waals surface area (Å²) >= 11 is 3.20. The van der Waals surface area contributed by atoms with Crippen LogP contribution in [0.5, 0.6) is 11.5 Å². The molecular formula is C38H31N4O5PS2. The van der Waals surface area contributed by atoms with E-state index in [1.54, 1.807) is 95.5 Å². The predicted molar refractivity (Wildman–Crippen MR) is 207 cm³/mol. The molecule has 250 valence electrons. The van der Waals surface area contributed by atoms with Gasteiger partial charge in [0, 0.05) is 21.9 Å². The summed E-state index contributed by atoms with van der Waals surface area (Å²) in [5, 5.41) is 9.62. The van der Waals surface area contributed by atoms with Crippen molar-refractivity contribution in [3.8, 4) is 32.4 Å². The van der Waals surface area contributed by atoms with Gasteiger partial charge in [-0.3, -0.25) is 9.59 Å². The number of hydrogen-bond acceptors (Lipinski definition) is 9. The second-order valence-electron chi connectivity index (χ2n) is 10.8. The summed E-state index contributed by atoms with van der Waals surface area (Å²) in [6, 6.07) is 32.5. The number of rotatable bonds is 12. The summed E-state index contributed by atoms with van der Waals surface area (Å²) in [6.07, 6.45) is 5.99. The van der Waals surface area contributed by atoms with Gasteiger partial charge < -0.3 is 31.1 Å². The monoisotopic (exact) mass is 718 g/mol. The van der Waals surface area contributed by atoms with Crippen molar-refractivity contribution in [2.45, 2.75) is 0 Å². The Balaban J connectivity index is 1.02. The van der Waals surface area contributed by atoms with Gasteiger partial charge in [-0.25, -0.2) is 4.57 Å². The van der Waals surface area contributed by atoms with E-state index in [2.05, 4.69) is 10.6 Å². The average molecular weight is 719 g/mol. The lowest BCUT2D eigenvalue weighted by molar-refractivity contribution is -0.112. The highest BCUT2D eigenvalue weighted by Crippen LogP contribution is 2.33. The van der Waals surface area contributed by atoms with Crippen LogP contribution in [0.1, 0.15) is 11.1 Å². The molecule has 2 aromatic heterocycles. The van der Waals surface area contributed by atoms with Crippen molar-refractivity contribution in [2.75, 3.05) is 22.1 Å². The van der Waals surface area contributed by atoms with Crippen molar-refractivity contribution in [3.63, 3.8) is 0 Å². The Kier molecular flexibility index (Phi) is 10.9. The number of anilines is 4. The molecule has 12 heteroatoms. The third kappa shape index (κ3) is 9.18. The molecule has 0 aliphatic heterocycles. The second-order valence-corrected chi connectivity index (χ2v) is 13.6. The molecule has 4 aromatic carbocycles. The predicted octanol–water partition coefficient (Wildman–Crippen LogP) is 9.46. The standard InChI is InChI=1S/C38H31N4O5PS2/c39-31-15-13-27(35-9-3-19-49-35)23-33(31)41-37(43)17-11-25-5-1-7-29(21-25)46-48(45)47-30-8-2-6-26(22-30)12-18-38(44)42-34-24-28(14-16-32(34)40)36-10-4-20-50-36/h1-24,48H,39-40H2,(H,41,43)(H,42,44)/b17-11+,18-12+. The first-order valence-corrected chi connectivity index (χ1v) is 18.2. The van der Waals surface area contributed by atoms with Gasteiger partial charge in [-0.05, 0) is 106 Å². The molecule has 2 amide bonds. The van der Waals surface area contributed by atoms with Crippen LogP contribution in [0.25, 0.3) is 33.0 Å². The highest BCUT2D eigenvalue weighted by Gasteiger charge is 2.09. The Bertz CT molecular complexity index is 2060. The minimum absolute atomic E-state index is 0.305.